The fourth-order valence-electron chi connectivity index (χ4n) is 2.64. The van der Waals surface area contributed by atoms with Gasteiger partial charge in [0.2, 0.25) is 0 Å². The van der Waals surface area contributed by atoms with Crippen LogP contribution < -0.4 is 0 Å². The summed E-state index contributed by atoms with van der Waals surface area (Å²) in [6.07, 6.45) is 14.6. The van der Waals surface area contributed by atoms with E-state index in [0.29, 0.717) is 24.4 Å². The number of unbranched alkanes of at least 4 members (excludes halogenated alkanes) is 9. The lowest BCUT2D eigenvalue weighted by Gasteiger charge is -2.05. The number of hydrogen-bond donors (Lipinski definition) is 0. The van der Waals surface area contributed by atoms with Crippen LogP contribution in [-0.2, 0) is 19.1 Å². The molecule has 0 spiro atoms. The molecule has 4 heteroatoms. The average molecular weight is 425 g/mol. The van der Waals surface area contributed by atoms with Crippen molar-refractivity contribution in [3.63, 3.8) is 0 Å². The van der Waals surface area contributed by atoms with Gasteiger partial charge in [-0.1, -0.05) is 98.1 Å². The predicted octanol–water partition coefficient (Wildman–Crippen LogP) is 7.57. The van der Waals surface area contributed by atoms with Gasteiger partial charge < -0.3 is 9.47 Å². The van der Waals surface area contributed by atoms with Crippen molar-refractivity contribution in [2.45, 2.75) is 112 Å². The summed E-state index contributed by atoms with van der Waals surface area (Å²) in [5, 5.41) is 0. The number of esters is 2. The quantitative estimate of drug-likeness (QED) is 0.137. The van der Waals surface area contributed by atoms with Crippen LogP contribution in [0.3, 0.4) is 0 Å². The molecule has 0 N–H and O–H groups in total. The van der Waals surface area contributed by atoms with Gasteiger partial charge in [0, 0.05) is 11.1 Å². The normalized spacial score (nSPS) is 10.2. The van der Waals surface area contributed by atoms with Crippen molar-refractivity contribution in [3.05, 3.63) is 24.3 Å². The van der Waals surface area contributed by atoms with E-state index < -0.39 is 0 Å². The van der Waals surface area contributed by atoms with Crippen molar-refractivity contribution >= 4 is 11.9 Å². The minimum atomic E-state index is -0.265. The second kappa shape index (κ2) is 22.1. The number of hydrogen-bond acceptors (Lipinski definition) is 4. The highest BCUT2D eigenvalue weighted by molar-refractivity contribution is 5.87. The molecule has 0 saturated carbocycles. The Kier molecular flexibility index (Phi) is 22.6. The largest absolute Gasteiger partial charge is 0.462 e. The zero-order valence-electron chi connectivity index (χ0n) is 20.5. The Hall–Kier alpha value is -1.58. The smallest absolute Gasteiger partial charge is 0.333 e. The fourth-order valence-corrected chi connectivity index (χ4v) is 2.64. The van der Waals surface area contributed by atoms with Crippen molar-refractivity contribution in [2.75, 3.05) is 13.2 Å². The highest BCUT2D eigenvalue weighted by Crippen LogP contribution is 2.10. The molecule has 4 nitrogen and oxygen atoms in total. The van der Waals surface area contributed by atoms with Gasteiger partial charge in [0.15, 0.2) is 0 Å². The maximum Gasteiger partial charge on any atom is 0.333 e. The fraction of sp³-hybridized carbons (Fsp3) is 0.769. The lowest BCUT2D eigenvalue weighted by Crippen LogP contribution is -2.05. The van der Waals surface area contributed by atoms with Crippen molar-refractivity contribution in [1.82, 2.24) is 0 Å². The van der Waals surface area contributed by atoms with E-state index in [1.807, 2.05) is 0 Å². The van der Waals surface area contributed by atoms with Crippen LogP contribution in [-0.4, -0.2) is 25.2 Å². The van der Waals surface area contributed by atoms with Gasteiger partial charge in [-0.2, -0.15) is 0 Å². The molecule has 0 radical (unpaired) electrons. The lowest BCUT2D eigenvalue weighted by molar-refractivity contribution is -0.139. The molecule has 0 atom stereocenters. The van der Waals surface area contributed by atoms with E-state index >= 15 is 0 Å². The first-order valence-corrected chi connectivity index (χ1v) is 11.9. The average Bonchev–Trinajstić information content (AvgIpc) is 2.69. The Balaban J connectivity index is 0. The molecule has 30 heavy (non-hydrogen) atoms. The highest BCUT2D eigenvalue weighted by Gasteiger charge is 2.02. The van der Waals surface area contributed by atoms with Crippen molar-refractivity contribution in [3.8, 4) is 0 Å². The van der Waals surface area contributed by atoms with Crippen LogP contribution in [0.25, 0.3) is 0 Å². The van der Waals surface area contributed by atoms with Crippen molar-refractivity contribution in [1.29, 1.82) is 0 Å². The number of carbonyl (C=O) groups is 2. The first-order valence-electron chi connectivity index (χ1n) is 11.9. The summed E-state index contributed by atoms with van der Waals surface area (Å²) in [6, 6.07) is 0. The van der Waals surface area contributed by atoms with E-state index in [2.05, 4.69) is 33.9 Å². The Morgan fingerprint density at radius 1 is 0.667 bits per heavy atom. The van der Waals surface area contributed by atoms with Crippen LogP contribution in [0.15, 0.2) is 24.3 Å². The Bertz CT molecular complexity index is 466. The van der Waals surface area contributed by atoms with Gasteiger partial charge in [0.25, 0.3) is 0 Å². The first kappa shape index (κ1) is 30.6. The van der Waals surface area contributed by atoms with E-state index in [1.54, 1.807) is 13.8 Å². The van der Waals surface area contributed by atoms with Crippen LogP contribution in [0.4, 0.5) is 0 Å². The minimum absolute atomic E-state index is 0.264. The summed E-state index contributed by atoms with van der Waals surface area (Å²) < 4.78 is 9.98. The number of carbonyl (C=O) groups excluding carboxylic acids is 2. The molecular formula is C26H48O4. The molecule has 0 aliphatic heterocycles. The molecule has 0 aromatic rings. The van der Waals surface area contributed by atoms with Gasteiger partial charge in [0.05, 0.1) is 13.2 Å². The van der Waals surface area contributed by atoms with Gasteiger partial charge >= 0.3 is 11.9 Å². The van der Waals surface area contributed by atoms with E-state index in [-0.39, 0.29) is 11.9 Å². The first-order chi connectivity index (χ1) is 14.2. The molecule has 0 aliphatic carbocycles. The summed E-state index contributed by atoms with van der Waals surface area (Å²) in [7, 11) is 0. The second-order valence-electron chi connectivity index (χ2n) is 8.55. The summed E-state index contributed by atoms with van der Waals surface area (Å²) in [6.45, 7) is 18.2. The Morgan fingerprint density at radius 3 is 1.40 bits per heavy atom. The molecule has 176 valence electrons. The third-order valence-corrected chi connectivity index (χ3v) is 4.59. The maximum absolute atomic E-state index is 11.0. The molecule has 0 unspecified atom stereocenters. The van der Waals surface area contributed by atoms with E-state index in [9.17, 15) is 9.59 Å². The number of ether oxygens (including phenoxy) is 2. The van der Waals surface area contributed by atoms with Crippen LogP contribution >= 0.6 is 0 Å². The van der Waals surface area contributed by atoms with Gasteiger partial charge in [0.1, 0.15) is 0 Å². The molecular weight excluding hydrogens is 376 g/mol. The Morgan fingerprint density at radius 2 is 1.03 bits per heavy atom. The highest BCUT2D eigenvalue weighted by atomic mass is 16.5. The van der Waals surface area contributed by atoms with E-state index in [4.69, 9.17) is 9.47 Å². The van der Waals surface area contributed by atoms with Gasteiger partial charge in [-0.25, -0.2) is 9.59 Å². The number of rotatable bonds is 17. The SMILES string of the molecule is C=C(C)C(=O)OCCCCCCCC.C=C(C)C(=O)OCCCCCCCC(C)C. The van der Waals surface area contributed by atoms with Crippen molar-refractivity contribution < 1.29 is 19.1 Å². The monoisotopic (exact) mass is 424 g/mol. The van der Waals surface area contributed by atoms with Crippen LogP contribution in [0.5, 0.6) is 0 Å². The van der Waals surface area contributed by atoms with Gasteiger partial charge in [-0.15, -0.1) is 0 Å². The molecule has 0 fully saturated rings. The molecule has 0 rings (SSSR count). The predicted molar refractivity (Wildman–Crippen MR) is 127 cm³/mol. The van der Waals surface area contributed by atoms with Crippen molar-refractivity contribution in [2.24, 2.45) is 5.92 Å². The third-order valence-electron chi connectivity index (χ3n) is 4.59. The topological polar surface area (TPSA) is 52.6 Å². The molecule has 0 aromatic heterocycles. The minimum Gasteiger partial charge on any atom is -0.462 e. The van der Waals surface area contributed by atoms with Gasteiger partial charge in [-0.05, 0) is 32.6 Å². The molecule has 0 aliphatic rings. The Labute approximate surface area is 186 Å². The summed E-state index contributed by atoms with van der Waals surface area (Å²) >= 11 is 0. The molecule has 0 heterocycles. The summed E-state index contributed by atoms with van der Waals surface area (Å²) in [5.41, 5.74) is 0.966. The molecule has 0 aromatic carbocycles. The molecule has 0 saturated heterocycles. The second-order valence-corrected chi connectivity index (χ2v) is 8.55. The maximum atomic E-state index is 11.0. The molecule has 0 amide bonds. The lowest BCUT2D eigenvalue weighted by atomic mass is 10.0. The van der Waals surface area contributed by atoms with Gasteiger partial charge in [-0.3, -0.25) is 0 Å². The summed E-state index contributed by atoms with van der Waals surface area (Å²) in [5.74, 6) is 0.287. The zero-order chi connectivity index (χ0) is 23.2. The van der Waals surface area contributed by atoms with Crippen LogP contribution in [0, 0.1) is 5.92 Å². The standard InChI is InChI=1S/C14H26O2.C12H22O2/c1-12(2)10-8-6-5-7-9-11-16-14(15)13(3)4;1-4-5-6-7-8-9-10-14-12(13)11(2)3/h12H,3,5-11H2,1-2,4H3;2,4-10H2,1,3H3. The van der Waals surface area contributed by atoms with E-state index in [1.165, 1.54) is 51.4 Å². The van der Waals surface area contributed by atoms with Crippen LogP contribution in [0.2, 0.25) is 0 Å². The van der Waals surface area contributed by atoms with Crippen LogP contribution in [0.1, 0.15) is 112 Å². The third kappa shape index (κ3) is 24.5. The molecule has 0 bridgehead atoms. The van der Waals surface area contributed by atoms with E-state index in [0.717, 1.165) is 31.6 Å². The summed E-state index contributed by atoms with van der Waals surface area (Å²) in [4.78, 5) is 22.0. The zero-order valence-corrected chi connectivity index (χ0v) is 20.5.